The number of fused-ring (bicyclic) bond motifs is 3. The van der Waals surface area contributed by atoms with Gasteiger partial charge >= 0.3 is 5.97 Å². The largest absolute Gasteiger partial charge is 0.493 e. The number of ether oxygens (including phenoxy) is 3. The summed E-state index contributed by atoms with van der Waals surface area (Å²) in [6, 6.07) is 18.7. The van der Waals surface area contributed by atoms with Crippen molar-refractivity contribution in [1.29, 1.82) is 0 Å². The van der Waals surface area contributed by atoms with Crippen molar-refractivity contribution in [2.45, 2.75) is 13.5 Å². The van der Waals surface area contributed by atoms with E-state index in [4.69, 9.17) is 14.2 Å². The molecule has 164 valence electrons. The number of anilines is 1. The molecule has 32 heavy (non-hydrogen) atoms. The van der Waals surface area contributed by atoms with Gasteiger partial charge < -0.3 is 24.1 Å². The third kappa shape index (κ3) is 3.97. The van der Waals surface area contributed by atoms with Crippen molar-refractivity contribution >= 4 is 39.4 Å². The van der Waals surface area contributed by atoms with Crippen LogP contribution < -0.4 is 14.8 Å². The summed E-state index contributed by atoms with van der Waals surface area (Å²) < 4.78 is 17.8. The Labute approximate surface area is 185 Å². The maximum atomic E-state index is 12.5. The molecule has 7 nitrogen and oxygen atoms in total. The summed E-state index contributed by atoms with van der Waals surface area (Å²) in [7, 11) is 2.77. The standard InChI is InChI=1S/C25H24N2O5/c1-4-27-20-8-6-5-7-18(20)19-14-17(10-11-21(19)27)26-24(28)15-32-22-12-9-16(25(29)31-3)13-23(22)30-2/h5-14H,4,15H2,1-3H3,(H,26,28). The predicted octanol–water partition coefficient (Wildman–Crippen LogP) is 4.63. The molecule has 0 radical (unpaired) electrons. The average molecular weight is 432 g/mol. The molecule has 1 N–H and O–H groups in total. The number of nitrogens with zero attached hydrogens (tertiary/aromatic N) is 1. The number of esters is 1. The van der Waals surface area contributed by atoms with Crippen LogP contribution in [0, 0.1) is 0 Å². The average Bonchev–Trinajstić information content (AvgIpc) is 3.15. The van der Waals surface area contributed by atoms with Crippen LogP contribution in [-0.2, 0) is 16.1 Å². The summed E-state index contributed by atoms with van der Waals surface area (Å²) in [6.07, 6.45) is 0. The van der Waals surface area contributed by atoms with Gasteiger partial charge in [-0.3, -0.25) is 4.79 Å². The predicted molar refractivity (Wildman–Crippen MR) is 124 cm³/mol. The lowest BCUT2D eigenvalue weighted by molar-refractivity contribution is -0.118. The molecule has 4 rings (SSSR count). The number of hydrogen-bond acceptors (Lipinski definition) is 5. The second-order valence-corrected chi connectivity index (χ2v) is 7.19. The van der Waals surface area contributed by atoms with Crippen molar-refractivity contribution in [2.75, 3.05) is 26.1 Å². The first-order valence-corrected chi connectivity index (χ1v) is 10.3. The zero-order valence-electron chi connectivity index (χ0n) is 18.2. The van der Waals surface area contributed by atoms with Crippen LogP contribution in [-0.4, -0.2) is 37.3 Å². The fraction of sp³-hybridized carbons (Fsp3) is 0.200. The van der Waals surface area contributed by atoms with Crippen LogP contribution in [0.25, 0.3) is 21.8 Å². The number of rotatable bonds is 7. The normalized spacial score (nSPS) is 10.8. The highest BCUT2D eigenvalue weighted by molar-refractivity contribution is 6.09. The third-order valence-electron chi connectivity index (χ3n) is 5.32. The lowest BCUT2D eigenvalue weighted by atomic mass is 10.1. The number of carbonyl (C=O) groups is 2. The number of benzene rings is 3. The maximum absolute atomic E-state index is 12.5. The van der Waals surface area contributed by atoms with E-state index in [1.807, 2.05) is 30.3 Å². The minimum absolute atomic E-state index is 0.206. The number of methoxy groups -OCH3 is 2. The Kier molecular flexibility index (Phi) is 5.98. The molecule has 0 aliphatic carbocycles. The van der Waals surface area contributed by atoms with Crippen molar-refractivity contribution in [3.63, 3.8) is 0 Å². The summed E-state index contributed by atoms with van der Waals surface area (Å²) in [6.45, 7) is 2.77. The Morgan fingerprint density at radius 3 is 2.44 bits per heavy atom. The van der Waals surface area contributed by atoms with Crippen LogP contribution in [0.5, 0.6) is 11.5 Å². The highest BCUT2D eigenvalue weighted by Crippen LogP contribution is 2.31. The number of aryl methyl sites for hydroxylation is 1. The van der Waals surface area contributed by atoms with Gasteiger partial charge in [-0.15, -0.1) is 0 Å². The zero-order valence-corrected chi connectivity index (χ0v) is 18.2. The Hall–Kier alpha value is -4.00. The molecule has 0 aliphatic heterocycles. The molecule has 1 aromatic heterocycles. The Morgan fingerprint density at radius 1 is 0.906 bits per heavy atom. The summed E-state index contributed by atoms with van der Waals surface area (Å²) in [5.41, 5.74) is 3.32. The molecule has 0 bridgehead atoms. The van der Waals surface area contributed by atoms with Gasteiger partial charge in [0.15, 0.2) is 18.1 Å². The van der Waals surface area contributed by atoms with Crippen LogP contribution in [0.1, 0.15) is 17.3 Å². The van der Waals surface area contributed by atoms with Gasteiger partial charge in [0.05, 0.1) is 19.8 Å². The molecule has 3 aromatic carbocycles. The van der Waals surface area contributed by atoms with Crippen molar-refractivity contribution in [1.82, 2.24) is 4.57 Å². The summed E-state index contributed by atoms with van der Waals surface area (Å²) in [5, 5.41) is 5.11. The highest BCUT2D eigenvalue weighted by Gasteiger charge is 2.14. The van der Waals surface area contributed by atoms with Crippen molar-refractivity contribution < 1.29 is 23.8 Å². The van der Waals surface area contributed by atoms with Crippen LogP contribution in [0.2, 0.25) is 0 Å². The van der Waals surface area contributed by atoms with E-state index < -0.39 is 5.97 Å². The molecular weight excluding hydrogens is 408 g/mol. The molecule has 1 amide bonds. The van der Waals surface area contributed by atoms with Gasteiger partial charge in [-0.2, -0.15) is 0 Å². The number of amides is 1. The molecule has 0 saturated heterocycles. The monoisotopic (exact) mass is 432 g/mol. The quantitative estimate of drug-likeness (QED) is 0.431. The van der Waals surface area contributed by atoms with E-state index in [2.05, 4.69) is 28.9 Å². The van der Waals surface area contributed by atoms with Gasteiger partial charge in [0.25, 0.3) is 5.91 Å². The number of para-hydroxylation sites is 1. The van der Waals surface area contributed by atoms with E-state index in [0.29, 0.717) is 22.7 Å². The molecule has 0 unspecified atom stereocenters. The number of hydrogen-bond donors (Lipinski definition) is 1. The lowest BCUT2D eigenvalue weighted by Crippen LogP contribution is -2.20. The minimum Gasteiger partial charge on any atom is -0.493 e. The topological polar surface area (TPSA) is 78.8 Å². The first kappa shape index (κ1) is 21.2. The van der Waals surface area contributed by atoms with Crippen molar-refractivity contribution in [3.05, 3.63) is 66.2 Å². The van der Waals surface area contributed by atoms with Crippen LogP contribution in [0.4, 0.5) is 5.69 Å². The summed E-state index contributed by atoms with van der Waals surface area (Å²) in [5.74, 6) is -0.0821. The Bertz CT molecular complexity index is 1310. The van der Waals surface area contributed by atoms with Crippen LogP contribution >= 0.6 is 0 Å². The molecule has 0 atom stereocenters. The summed E-state index contributed by atoms with van der Waals surface area (Å²) >= 11 is 0. The first-order chi connectivity index (χ1) is 15.5. The minimum atomic E-state index is -0.479. The molecular formula is C25H24N2O5. The lowest BCUT2D eigenvalue weighted by Gasteiger charge is -2.12. The van der Waals surface area contributed by atoms with E-state index in [-0.39, 0.29) is 12.5 Å². The third-order valence-corrected chi connectivity index (χ3v) is 5.32. The van der Waals surface area contributed by atoms with Crippen molar-refractivity contribution in [2.24, 2.45) is 0 Å². The number of carbonyl (C=O) groups excluding carboxylic acids is 2. The Balaban J connectivity index is 1.50. The molecule has 4 aromatic rings. The maximum Gasteiger partial charge on any atom is 0.337 e. The van der Waals surface area contributed by atoms with Crippen LogP contribution in [0.15, 0.2) is 60.7 Å². The van der Waals surface area contributed by atoms with Gasteiger partial charge in [-0.25, -0.2) is 4.79 Å². The molecule has 0 saturated carbocycles. The summed E-state index contributed by atoms with van der Waals surface area (Å²) in [4.78, 5) is 24.2. The molecule has 0 fully saturated rings. The second kappa shape index (κ2) is 9.01. The van der Waals surface area contributed by atoms with Gasteiger partial charge in [-0.05, 0) is 49.4 Å². The molecule has 0 aliphatic rings. The van der Waals surface area contributed by atoms with Gasteiger partial charge in [0.2, 0.25) is 0 Å². The number of nitrogens with one attached hydrogen (secondary N) is 1. The van der Waals surface area contributed by atoms with E-state index in [9.17, 15) is 9.59 Å². The molecule has 0 spiro atoms. The SMILES string of the molecule is CCn1c2ccccc2c2cc(NC(=O)COc3ccc(C(=O)OC)cc3OC)ccc21. The van der Waals surface area contributed by atoms with E-state index >= 15 is 0 Å². The fourth-order valence-corrected chi connectivity index (χ4v) is 3.84. The van der Waals surface area contributed by atoms with Crippen molar-refractivity contribution in [3.8, 4) is 11.5 Å². The zero-order chi connectivity index (χ0) is 22.7. The van der Waals surface area contributed by atoms with Crippen LogP contribution in [0.3, 0.4) is 0 Å². The fourth-order valence-electron chi connectivity index (χ4n) is 3.84. The second-order valence-electron chi connectivity index (χ2n) is 7.19. The highest BCUT2D eigenvalue weighted by atomic mass is 16.5. The van der Waals surface area contributed by atoms with E-state index in [1.165, 1.54) is 25.8 Å². The van der Waals surface area contributed by atoms with Gasteiger partial charge in [0, 0.05) is 34.0 Å². The van der Waals surface area contributed by atoms with Gasteiger partial charge in [-0.1, -0.05) is 18.2 Å². The Morgan fingerprint density at radius 2 is 1.69 bits per heavy atom. The molecule has 7 heteroatoms. The van der Waals surface area contributed by atoms with E-state index in [0.717, 1.165) is 22.8 Å². The molecule has 1 heterocycles. The number of aromatic nitrogens is 1. The van der Waals surface area contributed by atoms with E-state index in [1.54, 1.807) is 12.1 Å². The smallest absolute Gasteiger partial charge is 0.337 e. The van der Waals surface area contributed by atoms with Gasteiger partial charge in [0.1, 0.15) is 0 Å². The first-order valence-electron chi connectivity index (χ1n) is 10.3.